The maximum Gasteiger partial charge on any atom is 0.407 e. The maximum absolute atomic E-state index is 11.5. The number of carbonyl (C=O) groups excluding carboxylic acids is 1. The predicted molar refractivity (Wildman–Crippen MR) is 66.9 cm³/mol. The number of carbonyl (C=O) groups is 1. The third-order valence-corrected chi connectivity index (χ3v) is 3.74. The molecule has 0 saturated carbocycles. The Balaban J connectivity index is 1.74. The number of aliphatic hydroxyl groups excluding tert-OH is 1. The highest BCUT2D eigenvalue weighted by molar-refractivity contribution is 7.99. The van der Waals surface area contributed by atoms with Gasteiger partial charge in [0.05, 0.1) is 12.1 Å². The summed E-state index contributed by atoms with van der Waals surface area (Å²) in [4.78, 5) is 11.5. The van der Waals surface area contributed by atoms with Gasteiger partial charge in [0.15, 0.2) is 0 Å². The average Bonchev–Trinajstić information content (AvgIpc) is 2.74. The summed E-state index contributed by atoms with van der Waals surface area (Å²) in [5.74, 6) is 1.41. The lowest BCUT2D eigenvalue weighted by Gasteiger charge is -2.15. The molecule has 1 saturated heterocycles. The van der Waals surface area contributed by atoms with E-state index in [2.05, 4.69) is 5.32 Å². The van der Waals surface area contributed by atoms with Crippen LogP contribution in [0.1, 0.15) is 5.56 Å². The van der Waals surface area contributed by atoms with Crippen molar-refractivity contribution in [1.29, 1.82) is 0 Å². The Morgan fingerprint density at radius 1 is 1.41 bits per heavy atom. The molecule has 2 atom stereocenters. The van der Waals surface area contributed by atoms with Gasteiger partial charge in [0.25, 0.3) is 0 Å². The summed E-state index contributed by atoms with van der Waals surface area (Å²) in [7, 11) is 0. The van der Waals surface area contributed by atoms with Gasteiger partial charge in [-0.15, -0.1) is 0 Å². The molecule has 0 aromatic heterocycles. The molecule has 2 N–H and O–H groups in total. The lowest BCUT2D eigenvalue weighted by Crippen LogP contribution is -2.42. The van der Waals surface area contributed by atoms with Crippen LogP contribution in [0.3, 0.4) is 0 Å². The van der Waals surface area contributed by atoms with Crippen molar-refractivity contribution in [3.63, 3.8) is 0 Å². The smallest absolute Gasteiger partial charge is 0.407 e. The Morgan fingerprint density at radius 2 is 2.18 bits per heavy atom. The fourth-order valence-electron chi connectivity index (χ4n) is 1.60. The molecule has 0 aliphatic carbocycles. The van der Waals surface area contributed by atoms with E-state index in [4.69, 9.17) is 4.74 Å². The van der Waals surface area contributed by atoms with Crippen LogP contribution in [-0.4, -0.2) is 34.9 Å². The zero-order valence-electron chi connectivity index (χ0n) is 9.33. The standard InChI is InChI=1S/C12H15NO3S/c14-11-8-17-7-10(11)13-12(15)16-6-9-4-2-1-3-5-9/h1-5,10-11,14H,6-8H2,(H,13,15)/t10-,11+/m0/s1. The minimum Gasteiger partial charge on any atom is -0.445 e. The molecule has 0 unspecified atom stereocenters. The van der Waals surface area contributed by atoms with E-state index in [0.717, 1.165) is 11.3 Å². The molecule has 1 aromatic rings. The molecule has 0 spiro atoms. The summed E-state index contributed by atoms with van der Waals surface area (Å²) >= 11 is 1.63. The molecule has 2 rings (SSSR count). The van der Waals surface area contributed by atoms with Crippen LogP contribution < -0.4 is 5.32 Å². The van der Waals surface area contributed by atoms with Gasteiger partial charge in [-0.1, -0.05) is 30.3 Å². The summed E-state index contributed by atoms with van der Waals surface area (Å²) in [6, 6.07) is 9.31. The van der Waals surface area contributed by atoms with E-state index in [0.29, 0.717) is 5.75 Å². The number of ether oxygens (including phenoxy) is 1. The fraction of sp³-hybridized carbons (Fsp3) is 0.417. The Morgan fingerprint density at radius 3 is 2.82 bits per heavy atom. The molecular weight excluding hydrogens is 238 g/mol. The monoisotopic (exact) mass is 253 g/mol. The largest absolute Gasteiger partial charge is 0.445 e. The van der Waals surface area contributed by atoms with E-state index in [1.165, 1.54) is 0 Å². The molecule has 1 aliphatic rings. The number of hydrogen-bond donors (Lipinski definition) is 2. The van der Waals surface area contributed by atoms with Crippen molar-refractivity contribution in [1.82, 2.24) is 5.32 Å². The van der Waals surface area contributed by atoms with Crippen LogP contribution in [0.5, 0.6) is 0 Å². The number of alkyl carbamates (subject to hydrolysis) is 1. The summed E-state index contributed by atoms with van der Waals surface area (Å²) < 4.78 is 5.07. The topological polar surface area (TPSA) is 58.6 Å². The Bertz CT molecular complexity index is 371. The van der Waals surface area contributed by atoms with Crippen LogP contribution >= 0.6 is 11.8 Å². The third kappa shape index (κ3) is 3.64. The number of amides is 1. The van der Waals surface area contributed by atoms with Crippen LogP contribution in [0.25, 0.3) is 0 Å². The van der Waals surface area contributed by atoms with Crippen molar-refractivity contribution in [2.45, 2.75) is 18.8 Å². The van der Waals surface area contributed by atoms with Crippen molar-refractivity contribution < 1.29 is 14.6 Å². The van der Waals surface area contributed by atoms with Crippen LogP contribution in [0.15, 0.2) is 30.3 Å². The average molecular weight is 253 g/mol. The SMILES string of the molecule is O=C(N[C@H]1CSC[C@H]1O)OCc1ccccc1. The van der Waals surface area contributed by atoms with E-state index in [1.807, 2.05) is 30.3 Å². The number of aliphatic hydroxyl groups is 1. The number of nitrogens with one attached hydrogen (secondary N) is 1. The molecule has 1 amide bonds. The van der Waals surface area contributed by atoms with Gasteiger partial charge in [0, 0.05) is 11.5 Å². The Hall–Kier alpha value is -1.20. The molecule has 1 aliphatic heterocycles. The summed E-state index contributed by atoms with van der Waals surface area (Å²) in [6.45, 7) is 0.253. The van der Waals surface area contributed by atoms with Gasteiger partial charge in [-0.3, -0.25) is 0 Å². The minimum atomic E-state index is -0.472. The first-order valence-electron chi connectivity index (χ1n) is 5.49. The minimum absolute atomic E-state index is 0.191. The highest BCUT2D eigenvalue weighted by atomic mass is 32.2. The van der Waals surface area contributed by atoms with Crippen LogP contribution in [0.2, 0.25) is 0 Å². The normalized spacial score (nSPS) is 23.4. The van der Waals surface area contributed by atoms with Crippen molar-refractivity contribution in [3.05, 3.63) is 35.9 Å². The van der Waals surface area contributed by atoms with E-state index < -0.39 is 12.2 Å². The van der Waals surface area contributed by atoms with Crippen molar-refractivity contribution in [2.24, 2.45) is 0 Å². The highest BCUT2D eigenvalue weighted by Crippen LogP contribution is 2.18. The summed E-state index contributed by atoms with van der Waals surface area (Å²) in [6.07, 6.45) is -0.940. The van der Waals surface area contributed by atoms with Crippen LogP contribution in [0.4, 0.5) is 4.79 Å². The summed E-state index contributed by atoms with van der Waals surface area (Å²) in [5.41, 5.74) is 0.948. The van der Waals surface area contributed by atoms with Gasteiger partial charge in [-0.05, 0) is 5.56 Å². The predicted octanol–water partition coefficient (Wildman–Crippen LogP) is 1.39. The van der Waals surface area contributed by atoms with Crippen LogP contribution in [0, 0.1) is 0 Å². The van der Waals surface area contributed by atoms with Crippen molar-refractivity contribution in [2.75, 3.05) is 11.5 Å². The van der Waals surface area contributed by atoms with E-state index >= 15 is 0 Å². The first kappa shape index (κ1) is 12.3. The molecular formula is C12H15NO3S. The second-order valence-corrected chi connectivity index (χ2v) is 4.99. The number of thioether (sulfide) groups is 1. The van der Waals surface area contributed by atoms with Gasteiger partial charge in [-0.25, -0.2) is 4.79 Å². The number of benzene rings is 1. The van der Waals surface area contributed by atoms with Gasteiger partial charge >= 0.3 is 6.09 Å². The second-order valence-electron chi connectivity index (χ2n) is 3.92. The Labute approximate surface area is 104 Å². The molecule has 92 valence electrons. The lowest BCUT2D eigenvalue weighted by atomic mass is 10.2. The van der Waals surface area contributed by atoms with Gasteiger partial charge < -0.3 is 15.2 Å². The van der Waals surface area contributed by atoms with E-state index in [-0.39, 0.29) is 12.6 Å². The molecule has 1 aromatic carbocycles. The van der Waals surface area contributed by atoms with Gasteiger partial charge in [-0.2, -0.15) is 11.8 Å². The second kappa shape index (κ2) is 5.93. The molecule has 5 heteroatoms. The summed E-state index contributed by atoms with van der Waals surface area (Å²) in [5, 5.41) is 12.2. The first-order chi connectivity index (χ1) is 8.25. The quantitative estimate of drug-likeness (QED) is 0.854. The fourth-order valence-corrected chi connectivity index (χ4v) is 2.77. The molecule has 17 heavy (non-hydrogen) atoms. The van der Waals surface area contributed by atoms with Crippen molar-refractivity contribution in [3.8, 4) is 0 Å². The van der Waals surface area contributed by atoms with E-state index in [1.54, 1.807) is 11.8 Å². The van der Waals surface area contributed by atoms with Crippen LogP contribution in [-0.2, 0) is 11.3 Å². The maximum atomic E-state index is 11.5. The number of rotatable bonds is 3. The van der Waals surface area contributed by atoms with E-state index in [9.17, 15) is 9.90 Å². The zero-order chi connectivity index (χ0) is 12.1. The lowest BCUT2D eigenvalue weighted by molar-refractivity contribution is 0.118. The highest BCUT2D eigenvalue weighted by Gasteiger charge is 2.27. The van der Waals surface area contributed by atoms with Crippen molar-refractivity contribution >= 4 is 17.9 Å². The van der Waals surface area contributed by atoms with Gasteiger partial charge in [0.1, 0.15) is 6.61 Å². The first-order valence-corrected chi connectivity index (χ1v) is 6.64. The molecule has 0 radical (unpaired) electrons. The molecule has 1 fully saturated rings. The molecule has 4 nitrogen and oxygen atoms in total. The zero-order valence-corrected chi connectivity index (χ0v) is 10.2. The van der Waals surface area contributed by atoms with Gasteiger partial charge in [0.2, 0.25) is 0 Å². The molecule has 0 bridgehead atoms. The molecule has 1 heterocycles. The Kier molecular flexibility index (Phi) is 4.28. The third-order valence-electron chi connectivity index (χ3n) is 2.57. The number of hydrogen-bond acceptors (Lipinski definition) is 4.